The van der Waals surface area contributed by atoms with Gasteiger partial charge in [-0.15, -0.1) is 0 Å². The maximum atomic E-state index is 12.4. The molecule has 0 atom stereocenters. The Morgan fingerprint density at radius 1 is 1.11 bits per heavy atom. The molecule has 9 heteroatoms. The van der Waals surface area contributed by atoms with Crippen molar-refractivity contribution in [3.05, 3.63) is 62.9 Å². The molecule has 1 aromatic heterocycles. The number of carbonyl (C=O) groups excluding carboxylic acids is 1. The Bertz CT molecular complexity index is 1120. The van der Waals surface area contributed by atoms with Crippen molar-refractivity contribution in [2.75, 3.05) is 12.8 Å². The van der Waals surface area contributed by atoms with Crippen LogP contribution in [0.3, 0.4) is 0 Å². The zero-order valence-electron chi connectivity index (χ0n) is 14.9. The van der Waals surface area contributed by atoms with Crippen molar-refractivity contribution in [2.24, 2.45) is 5.10 Å². The number of benzene rings is 2. The lowest BCUT2D eigenvalue weighted by molar-refractivity contribution is 0.0950. The van der Waals surface area contributed by atoms with Crippen LogP contribution in [0.15, 0.2) is 41.5 Å². The third-order valence-electron chi connectivity index (χ3n) is 4.08. The van der Waals surface area contributed by atoms with Gasteiger partial charge >= 0.3 is 0 Å². The van der Waals surface area contributed by atoms with Crippen LogP contribution >= 0.6 is 34.8 Å². The number of anilines is 1. The van der Waals surface area contributed by atoms with Gasteiger partial charge < -0.3 is 10.5 Å². The summed E-state index contributed by atoms with van der Waals surface area (Å²) in [6, 6.07) is 11.6. The Balaban J connectivity index is 1.84. The largest absolute Gasteiger partial charge is 0.497 e. The maximum Gasteiger partial charge on any atom is 0.291 e. The van der Waals surface area contributed by atoms with Crippen LogP contribution < -0.4 is 15.9 Å². The average Bonchev–Trinajstić information content (AvgIpc) is 2.71. The van der Waals surface area contributed by atoms with Gasteiger partial charge in [0.1, 0.15) is 10.8 Å². The van der Waals surface area contributed by atoms with Gasteiger partial charge in [-0.05, 0) is 41.5 Å². The second kappa shape index (κ2) is 8.22. The van der Waals surface area contributed by atoms with Gasteiger partial charge in [0.2, 0.25) is 0 Å². The van der Waals surface area contributed by atoms with Crippen LogP contribution in [-0.4, -0.2) is 23.7 Å². The minimum absolute atomic E-state index is 0.00399. The van der Waals surface area contributed by atoms with Crippen LogP contribution in [0.4, 0.5) is 5.69 Å². The molecule has 144 valence electrons. The van der Waals surface area contributed by atoms with E-state index in [1.54, 1.807) is 14.0 Å². The number of rotatable bonds is 4. The fraction of sp³-hybridized carbons (Fsp3) is 0.105. The Labute approximate surface area is 176 Å². The molecule has 0 aliphatic rings. The summed E-state index contributed by atoms with van der Waals surface area (Å²) in [5.74, 6) is 0.128. The number of ether oxygens (including phenoxy) is 1. The predicted octanol–water partition coefficient (Wildman–Crippen LogP) is 4.94. The Morgan fingerprint density at radius 2 is 1.79 bits per heavy atom. The van der Waals surface area contributed by atoms with Gasteiger partial charge in [-0.3, -0.25) is 4.79 Å². The highest BCUT2D eigenvalue weighted by molar-refractivity contribution is 6.46. The first-order valence-electron chi connectivity index (χ1n) is 8.04. The van der Waals surface area contributed by atoms with Crippen molar-refractivity contribution in [3.8, 4) is 5.75 Å². The predicted molar refractivity (Wildman–Crippen MR) is 114 cm³/mol. The van der Waals surface area contributed by atoms with E-state index in [9.17, 15) is 4.79 Å². The number of aromatic nitrogens is 1. The molecule has 6 nitrogen and oxygen atoms in total. The number of nitrogens with zero attached hydrogens (tertiary/aromatic N) is 2. The van der Waals surface area contributed by atoms with E-state index in [-0.39, 0.29) is 26.6 Å². The second-order valence-electron chi connectivity index (χ2n) is 5.86. The molecule has 3 aromatic rings. The molecule has 0 aliphatic heterocycles. The molecule has 0 radical (unpaired) electrons. The summed E-state index contributed by atoms with van der Waals surface area (Å²) in [6.45, 7) is 1.77. The van der Waals surface area contributed by atoms with Crippen molar-refractivity contribution in [1.82, 2.24) is 10.4 Å². The molecule has 0 bridgehead atoms. The second-order valence-corrected chi connectivity index (χ2v) is 6.97. The van der Waals surface area contributed by atoms with E-state index < -0.39 is 5.91 Å². The van der Waals surface area contributed by atoms with E-state index in [0.717, 1.165) is 22.1 Å². The number of hydrogen-bond donors (Lipinski definition) is 2. The number of nitrogen functional groups attached to an aromatic ring is 1. The fourth-order valence-electron chi connectivity index (χ4n) is 2.51. The van der Waals surface area contributed by atoms with Gasteiger partial charge in [-0.2, -0.15) is 5.10 Å². The Morgan fingerprint density at radius 3 is 2.50 bits per heavy atom. The van der Waals surface area contributed by atoms with Crippen LogP contribution in [-0.2, 0) is 0 Å². The van der Waals surface area contributed by atoms with Gasteiger partial charge in [-0.25, -0.2) is 10.4 Å². The Hall–Kier alpha value is -2.54. The van der Waals surface area contributed by atoms with E-state index in [2.05, 4.69) is 15.5 Å². The molecule has 28 heavy (non-hydrogen) atoms. The topological polar surface area (TPSA) is 89.6 Å². The lowest BCUT2D eigenvalue weighted by Gasteiger charge is -2.09. The highest BCUT2D eigenvalue weighted by Crippen LogP contribution is 2.34. The van der Waals surface area contributed by atoms with E-state index in [1.807, 2.05) is 36.4 Å². The average molecular weight is 438 g/mol. The lowest BCUT2D eigenvalue weighted by Crippen LogP contribution is -2.21. The number of pyridine rings is 1. The van der Waals surface area contributed by atoms with E-state index in [0.29, 0.717) is 5.71 Å². The first-order chi connectivity index (χ1) is 13.3. The number of fused-ring (bicyclic) bond motifs is 1. The Kier molecular flexibility index (Phi) is 5.93. The quantitative estimate of drug-likeness (QED) is 0.344. The highest BCUT2D eigenvalue weighted by atomic mass is 35.5. The van der Waals surface area contributed by atoms with Gasteiger partial charge in [0.15, 0.2) is 10.8 Å². The monoisotopic (exact) mass is 436 g/mol. The third-order valence-corrected chi connectivity index (χ3v) is 5.21. The van der Waals surface area contributed by atoms with Gasteiger partial charge in [-0.1, -0.05) is 53.0 Å². The van der Waals surface area contributed by atoms with E-state index >= 15 is 0 Å². The summed E-state index contributed by atoms with van der Waals surface area (Å²) in [6.07, 6.45) is 0. The van der Waals surface area contributed by atoms with E-state index in [1.165, 1.54) is 0 Å². The number of amides is 1. The molecule has 0 aliphatic carbocycles. The van der Waals surface area contributed by atoms with Gasteiger partial charge in [0.05, 0.1) is 23.5 Å². The number of hydrogen-bond acceptors (Lipinski definition) is 5. The first kappa shape index (κ1) is 20.2. The van der Waals surface area contributed by atoms with Crippen LogP contribution in [0, 0.1) is 0 Å². The zero-order chi connectivity index (χ0) is 20.4. The molecule has 1 heterocycles. The van der Waals surface area contributed by atoms with Crippen LogP contribution in [0.25, 0.3) is 10.8 Å². The molecule has 3 N–H and O–H groups in total. The normalized spacial score (nSPS) is 11.5. The molecule has 0 fully saturated rings. The number of halogens is 3. The summed E-state index contributed by atoms with van der Waals surface area (Å²) in [5.41, 5.74) is 9.39. The summed E-state index contributed by atoms with van der Waals surface area (Å²) >= 11 is 17.8. The van der Waals surface area contributed by atoms with Crippen molar-refractivity contribution < 1.29 is 9.53 Å². The number of hydrazone groups is 1. The highest BCUT2D eigenvalue weighted by Gasteiger charge is 2.19. The van der Waals surface area contributed by atoms with Crippen LogP contribution in [0.2, 0.25) is 15.2 Å². The maximum absolute atomic E-state index is 12.4. The van der Waals surface area contributed by atoms with Crippen LogP contribution in [0.1, 0.15) is 23.0 Å². The fourth-order valence-corrected chi connectivity index (χ4v) is 3.10. The zero-order valence-corrected chi connectivity index (χ0v) is 17.2. The standard InChI is InChI=1S/C19H15Cl3N4O2/c1-9(10-3-4-12-8-13(28-2)6-5-11(12)7-10)25-26-19(27)17-14(20)16(23)15(21)18(22)24-17/h3-8H,1-2H3,(H2,23,24)(H,26,27)/b25-9+. The SMILES string of the molecule is COc1ccc2cc(/C(C)=N/NC(=O)c3nc(Cl)c(Cl)c(N)c3Cl)ccc2c1. The molecule has 0 saturated heterocycles. The van der Waals surface area contributed by atoms with Crippen LogP contribution in [0.5, 0.6) is 5.75 Å². The molecular formula is C19H15Cl3N4O2. The molecule has 3 rings (SSSR count). The minimum Gasteiger partial charge on any atom is -0.497 e. The molecule has 0 saturated carbocycles. The summed E-state index contributed by atoms with van der Waals surface area (Å²) < 4.78 is 5.23. The summed E-state index contributed by atoms with van der Waals surface area (Å²) in [5, 5.41) is 5.96. The minimum atomic E-state index is -0.653. The summed E-state index contributed by atoms with van der Waals surface area (Å²) in [7, 11) is 1.62. The number of nitrogens with one attached hydrogen (secondary N) is 1. The number of methoxy groups -OCH3 is 1. The van der Waals surface area contributed by atoms with Crippen molar-refractivity contribution in [2.45, 2.75) is 6.92 Å². The lowest BCUT2D eigenvalue weighted by atomic mass is 10.0. The number of nitrogens with two attached hydrogens (primary N) is 1. The smallest absolute Gasteiger partial charge is 0.291 e. The van der Waals surface area contributed by atoms with Gasteiger partial charge in [0.25, 0.3) is 5.91 Å². The first-order valence-corrected chi connectivity index (χ1v) is 9.18. The van der Waals surface area contributed by atoms with Crippen molar-refractivity contribution in [3.63, 3.8) is 0 Å². The molecular weight excluding hydrogens is 423 g/mol. The third kappa shape index (κ3) is 3.99. The molecule has 0 spiro atoms. The summed E-state index contributed by atoms with van der Waals surface area (Å²) in [4.78, 5) is 16.2. The number of carbonyl (C=O) groups is 1. The van der Waals surface area contributed by atoms with E-state index in [4.69, 9.17) is 45.3 Å². The molecule has 2 aromatic carbocycles. The van der Waals surface area contributed by atoms with Gasteiger partial charge in [0, 0.05) is 0 Å². The molecule has 0 unspecified atom stereocenters. The van der Waals surface area contributed by atoms with Crippen molar-refractivity contribution >= 4 is 62.9 Å². The molecule has 1 amide bonds. The van der Waals surface area contributed by atoms with Crippen molar-refractivity contribution in [1.29, 1.82) is 0 Å².